The molecule has 1 aliphatic carbocycles. The average molecular weight is 244 g/mol. The van der Waals surface area contributed by atoms with Gasteiger partial charge in [0.25, 0.3) is 0 Å². The van der Waals surface area contributed by atoms with Crippen LogP contribution in [-0.4, -0.2) is 0 Å². The van der Waals surface area contributed by atoms with E-state index in [0.29, 0.717) is 0 Å². The van der Waals surface area contributed by atoms with Crippen LogP contribution in [0, 0.1) is 6.07 Å². The van der Waals surface area contributed by atoms with Gasteiger partial charge in [-0.25, -0.2) is 0 Å². The Kier molecular flexibility index (Phi) is 1.74. The summed E-state index contributed by atoms with van der Waals surface area (Å²) in [6, 6.07) is 15.9. The van der Waals surface area contributed by atoms with Gasteiger partial charge in [-0.1, -0.05) is 46.3 Å². The van der Waals surface area contributed by atoms with Crippen LogP contribution in [0.4, 0.5) is 0 Å². The molecule has 0 aliphatic heterocycles. The fraction of sp³-hybridized carbons (Fsp3) is 0.0769. The summed E-state index contributed by atoms with van der Waals surface area (Å²) in [5, 5.41) is 0. The van der Waals surface area contributed by atoms with E-state index in [1.807, 2.05) is 6.07 Å². The van der Waals surface area contributed by atoms with E-state index in [4.69, 9.17) is 0 Å². The Bertz CT molecular complexity index is 500. The minimum Gasteiger partial charge on any atom is -0.0619 e. The lowest BCUT2D eigenvalue weighted by Crippen LogP contribution is -1.81. The molecule has 0 fully saturated rings. The Balaban J connectivity index is 2.33. The van der Waals surface area contributed by atoms with Crippen LogP contribution in [-0.2, 0) is 6.42 Å². The molecule has 14 heavy (non-hydrogen) atoms. The summed E-state index contributed by atoms with van der Waals surface area (Å²) < 4.78 is 1.20. The van der Waals surface area contributed by atoms with Crippen molar-refractivity contribution in [2.45, 2.75) is 6.42 Å². The van der Waals surface area contributed by atoms with E-state index in [1.165, 1.54) is 26.7 Å². The number of halogens is 1. The molecule has 0 nitrogen and oxygen atoms in total. The van der Waals surface area contributed by atoms with E-state index < -0.39 is 0 Å². The molecule has 2 aromatic carbocycles. The minimum absolute atomic E-state index is 1.03. The van der Waals surface area contributed by atoms with Gasteiger partial charge >= 0.3 is 0 Å². The molecule has 0 atom stereocenters. The molecule has 0 saturated heterocycles. The lowest BCUT2D eigenvalue weighted by atomic mass is 10.1. The van der Waals surface area contributed by atoms with Gasteiger partial charge in [-0.15, -0.1) is 0 Å². The lowest BCUT2D eigenvalue weighted by molar-refractivity contribution is 1.25. The molecule has 0 spiro atoms. The van der Waals surface area contributed by atoms with Crippen LogP contribution in [0.25, 0.3) is 11.1 Å². The summed E-state index contributed by atoms with van der Waals surface area (Å²) in [5.74, 6) is 0. The second-order valence-corrected chi connectivity index (χ2v) is 4.37. The maximum atomic E-state index is 3.59. The summed E-state index contributed by atoms with van der Waals surface area (Å²) in [6.07, 6.45) is 1.03. The molecule has 67 valence electrons. The zero-order chi connectivity index (χ0) is 9.54. The fourth-order valence-corrected chi connectivity index (χ4v) is 2.50. The molecular formula is C13H8Br. The van der Waals surface area contributed by atoms with E-state index in [2.05, 4.69) is 52.3 Å². The van der Waals surface area contributed by atoms with E-state index >= 15 is 0 Å². The zero-order valence-corrected chi connectivity index (χ0v) is 9.14. The topological polar surface area (TPSA) is 0 Å². The molecule has 3 rings (SSSR count). The van der Waals surface area contributed by atoms with Crippen LogP contribution in [0.1, 0.15) is 11.1 Å². The Labute approximate surface area is 91.7 Å². The Hall–Kier alpha value is -1.08. The largest absolute Gasteiger partial charge is 0.0619 e. The molecule has 0 amide bonds. The number of fused-ring (bicyclic) bond motifs is 3. The second kappa shape index (κ2) is 2.96. The standard InChI is InChI=1S/C13H8Br/c14-13-7-3-6-11-10-5-2-1-4-9(10)8-12(11)13/h1-5,7H,8H2. The summed E-state index contributed by atoms with van der Waals surface area (Å²) in [6.45, 7) is 0. The Morgan fingerprint density at radius 2 is 2.00 bits per heavy atom. The van der Waals surface area contributed by atoms with Crippen LogP contribution in [0.2, 0.25) is 0 Å². The van der Waals surface area contributed by atoms with Crippen molar-refractivity contribution in [2.75, 3.05) is 0 Å². The number of hydrogen-bond acceptors (Lipinski definition) is 0. The minimum atomic E-state index is 1.03. The maximum Gasteiger partial charge on any atom is 0.0217 e. The second-order valence-electron chi connectivity index (χ2n) is 3.51. The lowest BCUT2D eigenvalue weighted by Gasteiger charge is -2.00. The molecule has 1 aliphatic rings. The molecule has 2 aromatic rings. The number of benzene rings is 2. The van der Waals surface area contributed by atoms with Crippen LogP contribution in [0.5, 0.6) is 0 Å². The van der Waals surface area contributed by atoms with Crippen LogP contribution < -0.4 is 0 Å². The van der Waals surface area contributed by atoms with E-state index in [1.54, 1.807) is 0 Å². The Morgan fingerprint density at radius 1 is 1.14 bits per heavy atom. The van der Waals surface area contributed by atoms with Gasteiger partial charge in [0, 0.05) is 4.47 Å². The van der Waals surface area contributed by atoms with Crippen molar-refractivity contribution >= 4 is 15.9 Å². The molecule has 0 N–H and O–H groups in total. The molecule has 1 radical (unpaired) electrons. The highest BCUT2D eigenvalue weighted by Gasteiger charge is 2.19. The zero-order valence-electron chi connectivity index (χ0n) is 7.55. The molecular weight excluding hydrogens is 236 g/mol. The van der Waals surface area contributed by atoms with Crippen LogP contribution >= 0.6 is 15.9 Å². The van der Waals surface area contributed by atoms with Gasteiger partial charge < -0.3 is 0 Å². The van der Waals surface area contributed by atoms with Crippen LogP contribution in [0.3, 0.4) is 0 Å². The summed E-state index contributed by atoms with van der Waals surface area (Å²) in [4.78, 5) is 0. The van der Waals surface area contributed by atoms with Gasteiger partial charge in [0.2, 0.25) is 0 Å². The predicted octanol–water partition coefficient (Wildman–Crippen LogP) is 3.82. The molecule has 0 bridgehead atoms. The third kappa shape index (κ3) is 1.05. The van der Waals surface area contributed by atoms with E-state index in [9.17, 15) is 0 Å². The first-order valence-electron chi connectivity index (χ1n) is 4.63. The average Bonchev–Trinajstić information content (AvgIpc) is 2.59. The smallest absolute Gasteiger partial charge is 0.0217 e. The fourth-order valence-electron chi connectivity index (χ4n) is 2.03. The first-order valence-corrected chi connectivity index (χ1v) is 5.43. The normalized spacial score (nSPS) is 12.4. The van der Waals surface area contributed by atoms with Gasteiger partial charge in [-0.3, -0.25) is 0 Å². The molecule has 0 saturated carbocycles. The highest BCUT2D eigenvalue weighted by Crippen LogP contribution is 2.39. The van der Waals surface area contributed by atoms with Gasteiger partial charge in [0.1, 0.15) is 0 Å². The Morgan fingerprint density at radius 3 is 2.93 bits per heavy atom. The maximum absolute atomic E-state index is 3.59. The third-order valence-electron chi connectivity index (χ3n) is 2.70. The number of hydrogen-bond donors (Lipinski definition) is 0. The highest BCUT2D eigenvalue weighted by atomic mass is 79.9. The predicted molar refractivity (Wildman–Crippen MR) is 61.2 cm³/mol. The highest BCUT2D eigenvalue weighted by molar-refractivity contribution is 9.10. The molecule has 1 heteroatoms. The summed E-state index contributed by atoms with van der Waals surface area (Å²) >= 11 is 3.59. The SMILES string of the molecule is Brc1cc[c]c2c1Cc1ccccc1-2. The first kappa shape index (κ1) is 8.25. The van der Waals surface area contributed by atoms with Crippen LogP contribution in [0.15, 0.2) is 40.9 Å². The van der Waals surface area contributed by atoms with Crippen molar-refractivity contribution in [2.24, 2.45) is 0 Å². The van der Waals surface area contributed by atoms with Crippen molar-refractivity contribution in [3.05, 3.63) is 58.1 Å². The van der Waals surface area contributed by atoms with Crippen molar-refractivity contribution in [3.8, 4) is 11.1 Å². The molecule has 0 heterocycles. The molecule has 0 unspecified atom stereocenters. The van der Waals surface area contributed by atoms with Crippen molar-refractivity contribution in [1.29, 1.82) is 0 Å². The first-order chi connectivity index (χ1) is 6.86. The summed E-state index contributed by atoms with van der Waals surface area (Å²) in [5.41, 5.74) is 5.37. The molecule has 0 aromatic heterocycles. The quantitative estimate of drug-likeness (QED) is 0.564. The van der Waals surface area contributed by atoms with Crippen molar-refractivity contribution in [3.63, 3.8) is 0 Å². The summed E-state index contributed by atoms with van der Waals surface area (Å²) in [7, 11) is 0. The number of rotatable bonds is 0. The third-order valence-corrected chi connectivity index (χ3v) is 3.44. The van der Waals surface area contributed by atoms with Crippen molar-refractivity contribution < 1.29 is 0 Å². The van der Waals surface area contributed by atoms with Crippen molar-refractivity contribution in [1.82, 2.24) is 0 Å². The van der Waals surface area contributed by atoms with E-state index in [-0.39, 0.29) is 0 Å². The van der Waals surface area contributed by atoms with Gasteiger partial charge in [0.15, 0.2) is 0 Å². The monoisotopic (exact) mass is 243 g/mol. The van der Waals surface area contributed by atoms with Gasteiger partial charge in [-0.05, 0) is 40.8 Å². The van der Waals surface area contributed by atoms with E-state index in [0.717, 1.165) is 6.42 Å². The van der Waals surface area contributed by atoms with Gasteiger partial charge in [-0.2, -0.15) is 0 Å². The van der Waals surface area contributed by atoms with Gasteiger partial charge in [0.05, 0.1) is 0 Å².